The van der Waals surface area contributed by atoms with Crippen molar-refractivity contribution in [3.63, 3.8) is 0 Å². The maximum Gasteiger partial charge on any atom is 0.244 e. The van der Waals surface area contributed by atoms with Crippen molar-refractivity contribution < 1.29 is 8.78 Å². The van der Waals surface area contributed by atoms with Gasteiger partial charge in [-0.3, -0.25) is 0 Å². The highest BCUT2D eigenvalue weighted by molar-refractivity contribution is 5.37. The quantitative estimate of drug-likeness (QED) is 0.648. The molecule has 2 N–H and O–H groups in total. The average molecular weight is 355 g/mol. The molecule has 0 aliphatic heterocycles. The lowest BCUT2D eigenvalue weighted by molar-refractivity contribution is 0.610. The van der Waals surface area contributed by atoms with Crippen LogP contribution in [0, 0.1) is 11.6 Å². The van der Waals surface area contributed by atoms with Crippen LogP contribution in [0.5, 0.6) is 0 Å². The van der Waals surface area contributed by atoms with Gasteiger partial charge in [-0.05, 0) is 36.1 Å². The topological polar surface area (TPSA) is 62.7 Å². The summed E-state index contributed by atoms with van der Waals surface area (Å²) in [5, 5.41) is 13.9. The van der Waals surface area contributed by atoms with E-state index in [4.69, 9.17) is 0 Å². The van der Waals surface area contributed by atoms with Crippen molar-refractivity contribution in [2.75, 3.05) is 23.7 Å². The second kappa shape index (κ2) is 8.84. The largest absolute Gasteiger partial charge is 0.368 e. The van der Waals surface area contributed by atoms with E-state index in [1.54, 1.807) is 30.3 Å². The summed E-state index contributed by atoms with van der Waals surface area (Å²) in [6.45, 7) is 1.01. The Labute approximate surface area is 150 Å². The summed E-state index contributed by atoms with van der Waals surface area (Å²) in [7, 11) is 0. The SMILES string of the molecule is Fc1ccccc1CCNc1cnnc(NCCc2ccccc2F)n1. The standard InChI is InChI=1S/C19H19F2N5/c20-16-7-3-1-5-14(16)9-11-22-18-13-24-26-19(25-18)23-12-10-15-6-2-4-8-17(15)21/h1-8,13H,9-12H2,(H2,22,23,25,26). The Morgan fingerprint density at radius 3 is 1.96 bits per heavy atom. The van der Waals surface area contributed by atoms with Crippen LogP contribution in [-0.4, -0.2) is 28.3 Å². The lowest BCUT2D eigenvalue weighted by Gasteiger charge is -2.08. The highest BCUT2D eigenvalue weighted by atomic mass is 19.1. The molecule has 3 rings (SSSR count). The Morgan fingerprint density at radius 1 is 0.769 bits per heavy atom. The number of halogens is 2. The van der Waals surface area contributed by atoms with E-state index in [0.717, 1.165) is 0 Å². The molecule has 0 saturated carbocycles. The van der Waals surface area contributed by atoms with Gasteiger partial charge in [0.1, 0.15) is 11.6 Å². The number of hydrogen-bond donors (Lipinski definition) is 2. The van der Waals surface area contributed by atoms with Gasteiger partial charge in [-0.1, -0.05) is 36.4 Å². The minimum Gasteiger partial charge on any atom is -0.368 e. The van der Waals surface area contributed by atoms with Crippen molar-refractivity contribution in [3.8, 4) is 0 Å². The highest BCUT2D eigenvalue weighted by Crippen LogP contribution is 2.10. The molecular weight excluding hydrogens is 336 g/mol. The Balaban J connectivity index is 1.48. The first-order valence-corrected chi connectivity index (χ1v) is 8.36. The molecule has 2 aromatic carbocycles. The van der Waals surface area contributed by atoms with E-state index >= 15 is 0 Å². The molecule has 0 saturated heterocycles. The number of anilines is 2. The number of aromatic nitrogens is 3. The summed E-state index contributed by atoms with van der Waals surface area (Å²) in [5.41, 5.74) is 1.28. The Morgan fingerprint density at radius 2 is 1.35 bits per heavy atom. The van der Waals surface area contributed by atoms with E-state index < -0.39 is 0 Å². The minimum absolute atomic E-state index is 0.217. The molecule has 7 heteroatoms. The van der Waals surface area contributed by atoms with Gasteiger partial charge in [-0.2, -0.15) is 10.1 Å². The van der Waals surface area contributed by atoms with Crippen molar-refractivity contribution in [3.05, 3.63) is 77.5 Å². The van der Waals surface area contributed by atoms with Gasteiger partial charge in [0.05, 0.1) is 6.20 Å². The van der Waals surface area contributed by atoms with Gasteiger partial charge in [0.2, 0.25) is 5.95 Å². The van der Waals surface area contributed by atoms with Crippen LogP contribution in [0.3, 0.4) is 0 Å². The molecular formula is C19H19F2N5. The van der Waals surface area contributed by atoms with Gasteiger partial charge in [-0.15, -0.1) is 5.10 Å². The van der Waals surface area contributed by atoms with Gasteiger partial charge in [0.25, 0.3) is 0 Å². The second-order valence-electron chi connectivity index (χ2n) is 5.70. The van der Waals surface area contributed by atoms with E-state index in [1.165, 1.54) is 18.3 Å². The monoisotopic (exact) mass is 355 g/mol. The van der Waals surface area contributed by atoms with E-state index in [1.807, 2.05) is 6.07 Å². The fourth-order valence-corrected chi connectivity index (χ4v) is 2.50. The smallest absolute Gasteiger partial charge is 0.244 e. The summed E-state index contributed by atoms with van der Waals surface area (Å²) >= 11 is 0. The Kier molecular flexibility index (Phi) is 6.03. The number of rotatable bonds is 8. The number of nitrogens with zero attached hydrogens (tertiary/aromatic N) is 3. The van der Waals surface area contributed by atoms with Crippen LogP contribution in [0.4, 0.5) is 20.5 Å². The normalized spacial score (nSPS) is 10.5. The molecule has 0 atom stereocenters. The van der Waals surface area contributed by atoms with E-state index in [-0.39, 0.29) is 11.6 Å². The number of nitrogens with one attached hydrogen (secondary N) is 2. The van der Waals surface area contributed by atoms with Crippen LogP contribution in [0.1, 0.15) is 11.1 Å². The molecule has 1 heterocycles. The zero-order valence-corrected chi connectivity index (χ0v) is 14.1. The average Bonchev–Trinajstić information content (AvgIpc) is 2.65. The summed E-state index contributed by atoms with van der Waals surface area (Å²) in [5.74, 6) is 0.462. The summed E-state index contributed by atoms with van der Waals surface area (Å²) < 4.78 is 27.2. The van der Waals surface area contributed by atoms with E-state index in [9.17, 15) is 8.78 Å². The third kappa shape index (κ3) is 4.95. The molecule has 0 amide bonds. The van der Waals surface area contributed by atoms with Gasteiger partial charge < -0.3 is 10.6 Å². The summed E-state index contributed by atoms with van der Waals surface area (Å²) in [4.78, 5) is 4.30. The molecule has 0 spiro atoms. The Bertz CT molecular complexity index is 790. The van der Waals surface area contributed by atoms with Crippen LogP contribution in [0.2, 0.25) is 0 Å². The molecule has 0 aliphatic rings. The lowest BCUT2D eigenvalue weighted by atomic mass is 10.1. The van der Waals surface area contributed by atoms with Gasteiger partial charge in [-0.25, -0.2) is 8.78 Å². The molecule has 3 aromatic rings. The first-order chi connectivity index (χ1) is 12.7. The summed E-state index contributed by atoms with van der Waals surface area (Å²) in [6, 6.07) is 13.3. The van der Waals surface area contributed by atoms with Crippen molar-refractivity contribution in [2.24, 2.45) is 0 Å². The van der Waals surface area contributed by atoms with E-state index in [2.05, 4.69) is 25.8 Å². The van der Waals surface area contributed by atoms with Crippen LogP contribution < -0.4 is 10.6 Å². The first-order valence-electron chi connectivity index (χ1n) is 8.36. The fraction of sp³-hybridized carbons (Fsp3) is 0.211. The van der Waals surface area contributed by atoms with Crippen molar-refractivity contribution >= 4 is 11.8 Å². The molecule has 0 unspecified atom stereocenters. The zero-order valence-electron chi connectivity index (χ0n) is 14.1. The van der Waals surface area contributed by atoms with E-state index in [0.29, 0.717) is 48.8 Å². The van der Waals surface area contributed by atoms with Crippen molar-refractivity contribution in [1.29, 1.82) is 0 Å². The number of hydrogen-bond acceptors (Lipinski definition) is 5. The van der Waals surface area contributed by atoms with Crippen LogP contribution >= 0.6 is 0 Å². The van der Waals surface area contributed by atoms with Crippen LogP contribution in [0.25, 0.3) is 0 Å². The maximum absolute atomic E-state index is 13.6. The van der Waals surface area contributed by atoms with Gasteiger partial charge >= 0.3 is 0 Å². The molecule has 1 aromatic heterocycles. The van der Waals surface area contributed by atoms with Crippen LogP contribution in [0.15, 0.2) is 54.7 Å². The molecule has 0 aliphatic carbocycles. The predicted octanol–water partition coefficient (Wildman–Crippen LogP) is 3.46. The van der Waals surface area contributed by atoms with Crippen molar-refractivity contribution in [2.45, 2.75) is 12.8 Å². The molecule has 26 heavy (non-hydrogen) atoms. The highest BCUT2D eigenvalue weighted by Gasteiger charge is 2.04. The minimum atomic E-state index is -0.225. The first kappa shape index (κ1) is 17.7. The molecule has 0 radical (unpaired) electrons. The number of benzene rings is 2. The van der Waals surface area contributed by atoms with Crippen LogP contribution in [-0.2, 0) is 12.8 Å². The molecule has 0 fully saturated rings. The summed E-state index contributed by atoms with van der Waals surface area (Å²) in [6.07, 6.45) is 2.55. The fourth-order valence-electron chi connectivity index (χ4n) is 2.50. The van der Waals surface area contributed by atoms with Gasteiger partial charge in [0.15, 0.2) is 5.82 Å². The third-order valence-corrected chi connectivity index (χ3v) is 3.85. The third-order valence-electron chi connectivity index (χ3n) is 3.85. The predicted molar refractivity (Wildman–Crippen MR) is 97.0 cm³/mol. The maximum atomic E-state index is 13.6. The van der Waals surface area contributed by atoms with Gasteiger partial charge in [0, 0.05) is 13.1 Å². The lowest BCUT2D eigenvalue weighted by Crippen LogP contribution is -2.12. The molecule has 134 valence electrons. The molecule has 0 bridgehead atoms. The molecule has 5 nitrogen and oxygen atoms in total. The Hall–Kier alpha value is -3.09. The zero-order chi connectivity index (χ0) is 18.2. The second-order valence-corrected chi connectivity index (χ2v) is 5.70. The van der Waals surface area contributed by atoms with Crippen molar-refractivity contribution in [1.82, 2.24) is 15.2 Å².